The maximum atomic E-state index is 13.8. The molecule has 1 aromatic heterocycles. The first kappa shape index (κ1) is 19.6. The van der Waals surface area contributed by atoms with Crippen molar-refractivity contribution in [2.45, 2.75) is 12.8 Å². The number of amides is 2. The summed E-state index contributed by atoms with van der Waals surface area (Å²) in [6.45, 7) is -0.159. The Kier molecular flexibility index (Phi) is 6.39. The molecule has 0 aliphatic rings. The van der Waals surface area contributed by atoms with Gasteiger partial charge in [0.05, 0.1) is 18.3 Å². The summed E-state index contributed by atoms with van der Waals surface area (Å²) in [7, 11) is 0. The lowest BCUT2D eigenvalue weighted by molar-refractivity contribution is -0.124. The molecule has 0 aliphatic heterocycles. The first-order chi connectivity index (χ1) is 13.5. The van der Waals surface area contributed by atoms with Crippen LogP contribution in [-0.2, 0) is 16.0 Å². The molecule has 8 heteroatoms. The number of halogens is 2. The first-order valence-electron chi connectivity index (χ1n) is 8.53. The predicted octanol–water partition coefficient (Wildman–Crippen LogP) is 3.82. The van der Waals surface area contributed by atoms with Gasteiger partial charge in [0.1, 0.15) is 5.82 Å². The van der Waals surface area contributed by atoms with Gasteiger partial charge in [0, 0.05) is 23.6 Å². The van der Waals surface area contributed by atoms with E-state index in [0.29, 0.717) is 27.9 Å². The van der Waals surface area contributed by atoms with Crippen LogP contribution in [0.2, 0.25) is 5.02 Å². The normalized spacial score (nSPS) is 10.5. The Morgan fingerprint density at radius 1 is 1.07 bits per heavy atom. The molecule has 0 spiro atoms. The van der Waals surface area contributed by atoms with E-state index in [4.69, 9.17) is 16.0 Å². The molecule has 2 aromatic carbocycles. The van der Waals surface area contributed by atoms with Crippen LogP contribution >= 0.6 is 11.6 Å². The topological polar surface area (TPSA) is 84.2 Å². The Hall–Kier alpha value is -3.19. The molecular formula is C20H17ClFN3O3. The molecule has 3 aromatic rings. The Balaban J connectivity index is 1.44. The summed E-state index contributed by atoms with van der Waals surface area (Å²) in [6.07, 6.45) is 1.75. The zero-order valence-electron chi connectivity index (χ0n) is 14.7. The number of nitrogens with one attached hydrogen (secondary N) is 2. The fourth-order valence-electron chi connectivity index (χ4n) is 2.44. The molecular weight excluding hydrogens is 385 g/mol. The number of aryl methyl sites for hydroxylation is 1. The van der Waals surface area contributed by atoms with Gasteiger partial charge in [-0.2, -0.15) is 0 Å². The van der Waals surface area contributed by atoms with Crippen molar-refractivity contribution in [2.75, 3.05) is 11.9 Å². The summed E-state index contributed by atoms with van der Waals surface area (Å²) < 4.78 is 19.2. The summed E-state index contributed by atoms with van der Waals surface area (Å²) in [5, 5.41) is 5.74. The van der Waals surface area contributed by atoms with Gasteiger partial charge in [-0.25, -0.2) is 9.37 Å². The summed E-state index contributed by atoms with van der Waals surface area (Å²) in [6, 6.07) is 12.8. The van der Waals surface area contributed by atoms with Crippen LogP contribution in [0.15, 0.2) is 59.1 Å². The molecule has 144 valence electrons. The Bertz CT molecular complexity index is 973. The average Bonchev–Trinajstić information content (AvgIpc) is 3.16. The highest BCUT2D eigenvalue weighted by Gasteiger charge is 2.12. The fraction of sp³-hybridized carbons (Fsp3) is 0.150. The van der Waals surface area contributed by atoms with E-state index < -0.39 is 5.82 Å². The van der Waals surface area contributed by atoms with Gasteiger partial charge in [0.25, 0.3) is 0 Å². The van der Waals surface area contributed by atoms with Crippen LogP contribution in [0.1, 0.15) is 12.3 Å². The van der Waals surface area contributed by atoms with E-state index in [0.717, 1.165) is 0 Å². The molecule has 2 N–H and O–H groups in total. The van der Waals surface area contributed by atoms with Crippen LogP contribution in [0, 0.1) is 5.82 Å². The number of hydrogen-bond acceptors (Lipinski definition) is 4. The average molecular weight is 402 g/mol. The second-order valence-corrected chi connectivity index (χ2v) is 6.37. The quantitative estimate of drug-likeness (QED) is 0.630. The summed E-state index contributed by atoms with van der Waals surface area (Å²) in [5.74, 6) is -0.463. The first-order valence-corrected chi connectivity index (χ1v) is 8.91. The Labute approximate surface area is 165 Å². The van der Waals surface area contributed by atoms with E-state index >= 15 is 0 Å². The van der Waals surface area contributed by atoms with E-state index in [9.17, 15) is 14.0 Å². The van der Waals surface area contributed by atoms with Gasteiger partial charge >= 0.3 is 0 Å². The summed E-state index contributed by atoms with van der Waals surface area (Å²) in [5.41, 5.74) is 0.897. The van der Waals surface area contributed by atoms with E-state index in [1.807, 2.05) is 0 Å². The Morgan fingerprint density at radius 2 is 1.82 bits per heavy atom. The lowest BCUT2D eigenvalue weighted by atomic mass is 10.2. The van der Waals surface area contributed by atoms with Crippen molar-refractivity contribution in [1.29, 1.82) is 0 Å². The predicted molar refractivity (Wildman–Crippen MR) is 103 cm³/mol. The van der Waals surface area contributed by atoms with Crippen molar-refractivity contribution < 1.29 is 18.4 Å². The number of oxazole rings is 1. The van der Waals surface area contributed by atoms with Crippen molar-refractivity contribution in [3.8, 4) is 11.3 Å². The zero-order chi connectivity index (χ0) is 19.9. The van der Waals surface area contributed by atoms with Gasteiger partial charge in [0.2, 0.25) is 11.8 Å². The highest BCUT2D eigenvalue weighted by atomic mass is 35.5. The molecule has 6 nitrogen and oxygen atoms in total. The lowest BCUT2D eigenvalue weighted by Crippen LogP contribution is -2.32. The monoisotopic (exact) mass is 401 g/mol. The fourth-order valence-corrected chi connectivity index (χ4v) is 2.56. The molecule has 0 atom stereocenters. The molecule has 1 heterocycles. The van der Waals surface area contributed by atoms with Crippen LogP contribution in [0.3, 0.4) is 0 Å². The minimum atomic E-state index is -0.408. The molecule has 2 amide bonds. The van der Waals surface area contributed by atoms with Crippen molar-refractivity contribution in [3.05, 3.63) is 71.5 Å². The molecule has 28 heavy (non-hydrogen) atoms. The van der Waals surface area contributed by atoms with Gasteiger partial charge in [-0.05, 0) is 36.4 Å². The third-order valence-electron chi connectivity index (χ3n) is 3.83. The molecule has 0 bridgehead atoms. The summed E-state index contributed by atoms with van der Waals surface area (Å²) >= 11 is 5.78. The maximum Gasteiger partial charge on any atom is 0.243 e. The zero-order valence-corrected chi connectivity index (χ0v) is 15.5. The van der Waals surface area contributed by atoms with Crippen LogP contribution in [0.4, 0.5) is 10.1 Å². The van der Waals surface area contributed by atoms with E-state index in [1.165, 1.54) is 12.3 Å². The molecule has 0 aliphatic carbocycles. The van der Waals surface area contributed by atoms with Crippen LogP contribution < -0.4 is 10.6 Å². The van der Waals surface area contributed by atoms with Crippen LogP contribution in [0.5, 0.6) is 0 Å². The number of benzene rings is 2. The van der Waals surface area contributed by atoms with Gasteiger partial charge < -0.3 is 15.1 Å². The molecule has 0 radical (unpaired) electrons. The third kappa shape index (κ3) is 5.40. The van der Waals surface area contributed by atoms with Gasteiger partial charge in [-0.1, -0.05) is 23.7 Å². The minimum absolute atomic E-state index is 0.0887. The van der Waals surface area contributed by atoms with Gasteiger partial charge in [0.15, 0.2) is 11.7 Å². The van der Waals surface area contributed by atoms with Crippen molar-refractivity contribution in [1.82, 2.24) is 10.3 Å². The van der Waals surface area contributed by atoms with Crippen LogP contribution in [0.25, 0.3) is 11.3 Å². The number of nitrogens with zero attached hydrogens (tertiary/aromatic N) is 1. The van der Waals surface area contributed by atoms with Gasteiger partial charge in [-0.15, -0.1) is 0 Å². The Morgan fingerprint density at radius 3 is 2.57 bits per heavy atom. The number of rotatable bonds is 7. The highest BCUT2D eigenvalue weighted by Crippen LogP contribution is 2.23. The summed E-state index contributed by atoms with van der Waals surface area (Å²) in [4.78, 5) is 27.8. The second-order valence-electron chi connectivity index (χ2n) is 5.93. The van der Waals surface area contributed by atoms with E-state index in [-0.39, 0.29) is 31.2 Å². The third-order valence-corrected chi connectivity index (χ3v) is 4.08. The standard InChI is InChI=1S/C20H17ClFN3O3/c21-13-5-7-14(8-6-13)25-19(27)12-23-18(26)9-10-20-24-11-17(28-20)15-3-1-2-4-16(15)22/h1-8,11H,9-10,12H2,(H,23,26)(H,25,27). The molecule has 0 saturated carbocycles. The lowest BCUT2D eigenvalue weighted by Gasteiger charge is -2.06. The minimum Gasteiger partial charge on any atom is -0.441 e. The van der Waals surface area contributed by atoms with E-state index in [2.05, 4.69) is 15.6 Å². The van der Waals surface area contributed by atoms with Crippen LogP contribution in [-0.4, -0.2) is 23.3 Å². The largest absolute Gasteiger partial charge is 0.441 e. The van der Waals surface area contributed by atoms with Crippen molar-refractivity contribution >= 4 is 29.1 Å². The van der Waals surface area contributed by atoms with E-state index in [1.54, 1.807) is 42.5 Å². The molecule has 0 saturated heterocycles. The highest BCUT2D eigenvalue weighted by molar-refractivity contribution is 6.30. The molecule has 0 unspecified atom stereocenters. The number of carbonyl (C=O) groups is 2. The maximum absolute atomic E-state index is 13.8. The molecule has 0 fully saturated rings. The van der Waals surface area contributed by atoms with Crippen molar-refractivity contribution in [3.63, 3.8) is 0 Å². The number of carbonyl (C=O) groups excluding carboxylic acids is 2. The number of aromatic nitrogens is 1. The number of hydrogen-bond donors (Lipinski definition) is 2. The SMILES string of the molecule is O=C(CCc1ncc(-c2ccccc2F)o1)NCC(=O)Nc1ccc(Cl)cc1. The second kappa shape index (κ2) is 9.14. The van der Waals surface area contributed by atoms with Gasteiger partial charge in [-0.3, -0.25) is 9.59 Å². The molecule has 3 rings (SSSR count). The smallest absolute Gasteiger partial charge is 0.243 e. The van der Waals surface area contributed by atoms with Crippen molar-refractivity contribution in [2.24, 2.45) is 0 Å². The number of anilines is 1.